The molecule has 2 aromatic heterocycles. The minimum atomic E-state index is -0.0157. The Balaban J connectivity index is 1.47. The molecule has 1 amide bonds. The number of hydrogen-bond acceptors (Lipinski definition) is 6. The number of methoxy groups -OCH3 is 1. The van der Waals surface area contributed by atoms with E-state index in [1.165, 1.54) is 0 Å². The predicted octanol–water partition coefficient (Wildman–Crippen LogP) is 5.40. The van der Waals surface area contributed by atoms with E-state index in [0.717, 1.165) is 22.4 Å². The lowest BCUT2D eigenvalue weighted by molar-refractivity contribution is -0.134. The molecule has 4 rings (SSSR count). The molecule has 0 aliphatic carbocycles. The van der Waals surface area contributed by atoms with E-state index < -0.39 is 0 Å². The van der Waals surface area contributed by atoms with Crippen LogP contribution < -0.4 is 4.74 Å². The Bertz CT molecular complexity index is 1160. The van der Waals surface area contributed by atoms with Gasteiger partial charge in [0.1, 0.15) is 5.75 Å². The number of thiophene rings is 1. The van der Waals surface area contributed by atoms with Gasteiger partial charge in [-0.25, -0.2) is 0 Å². The summed E-state index contributed by atoms with van der Waals surface area (Å²) in [4.78, 5) is 19.7. The molecule has 7 heteroatoms. The SMILES string of the molecule is COc1ccccc1CC(C)N(Cc1ccccc1)C(=O)CCc1nc(-c2ccsc2)no1. The van der Waals surface area contributed by atoms with Gasteiger partial charge < -0.3 is 14.2 Å². The van der Waals surface area contributed by atoms with E-state index in [9.17, 15) is 4.79 Å². The van der Waals surface area contributed by atoms with Crippen molar-refractivity contribution >= 4 is 17.2 Å². The molecule has 4 aromatic rings. The smallest absolute Gasteiger partial charge is 0.227 e. The maximum atomic E-state index is 13.3. The van der Waals surface area contributed by atoms with E-state index in [-0.39, 0.29) is 11.9 Å². The van der Waals surface area contributed by atoms with Crippen molar-refractivity contribution in [2.75, 3.05) is 7.11 Å². The number of carbonyl (C=O) groups is 1. The summed E-state index contributed by atoms with van der Waals surface area (Å²) in [7, 11) is 1.67. The molecule has 170 valence electrons. The van der Waals surface area contributed by atoms with E-state index in [0.29, 0.717) is 37.5 Å². The molecule has 0 fully saturated rings. The molecule has 1 atom stereocenters. The molecule has 0 aliphatic rings. The maximum absolute atomic E-state index is 13.3. The van der Waals surface area contributed by atoms with E-state index in [2.05, 4.69) is 17.1 Å². The fourth-order valence-electron chi connectivity index (χ4n) is 3.79. The summed E-state index contributed by atoms with van der Waals surface area (Å²) in [5.74, 6) is 1.92. The van der Waals surface area contributed by atoms with E-state index >= 15 is 0 Å². The van der Waals surface area contributed by atoms with Gasteiger partial charge in [-0.3, -0.25) is 4.79 Å². The standard InChI is InChI=1S/C26H27N3O3S/c1-19(16-21-10-6-7-11-23(21)31-2)29(17-20-8-4-3-5-9-20)25(30)13-12-24-27-26(28-32-24)22-14-15-33-18-22/h3-11,14-15,18-19H,12-13,16-17H2,1-2H3. The molecular formula is C26H27N3O3S. The molecule has 0 radical (unpaired) electrons. The van der Waals surface area contributed by atoms with Crippen LogP contribution in [-0.4, -0.2) is 34.1 Å². The Morgan fingerprint density at radius 3 is 2.67 bits per heavy atom. The van der Waals surface area contributed by atoms with Gasteiger partial charge in [0.15, 0.2) is 0 Å². The van der Waals surface area contributed by atoms with Crippen LogP contribution in [0.4, 0.5) is 0 Å². The van der Waals surface area contributed by atoms with Gasteiger partial charge in [-0.1, -0.05) is 53.7 Å². The molecule has 0 N–H and O–H groups in total. The van der Waals surface area contributed by atoms with Crippen LogP contribution >= 0.6 is 11.3 Å². The molecule has 6 nitrogen and oxygen atoms in total. The first-order chi connectivity index (χ1) is 16.1. The van der Waals surface area contributed by atoms with Crippen molar-refractivity contribution in [3.8, 4) is 17.1 Å². The van der Waals surface area contributed by atoms with Crippen molar-refractivity contribution in [1.29, 1.82) is 0 Å². The summed E-state index contributed by atoms with van der Waals surface area (Å²) in [6.45, 7) is 2.62. The topological polar surface area (TPSA) is 68.5 Å². The number of benzene rings is 2. The van der Waals surface area contributed by atoms with Crippen LogP contribution in [0.1, 0.15) is 30.4 Å². The number of rotatable bonds is 10. The first kappa shape index (κ1) is 22.7. The summed E-state index contributed by atoms with van der Waals surface area (Å²) in [5, 5.41) is 7.99. The number of nitrogens with zero attached hydrogens (tertiary/aromatic N) is 3. The van der Waals surface area contributed by atoms with E-state index in [1.807, 2.05) is 76.3 Å². The normalized spacial score (nSPS) is 11.8. The monoisotopic (exact) mass is 461 g/mol. The van der Waals surface area contributed by atoms with Gasteiger partial charge in [-0.05, 0) is 42.0 Å². The average molecular weight is 462 g/mol. The largest absolute Gasteiger partial charge is 0.496 e. The van der Waals surface area contributed by atoms with Gasteiger partial charge in [0.2, 0.25) is 17.6 Å². The highest BCUT2D eigenvalue weighted by molar-refractivity contribution is 7.08. The minimum absolute atomic E-state index is 0.0157. The van der Waals surface area contributed by atoms with E-state index in [1.54, 1.807) is 18.4 Å². The van der Waals surface area contributed by atoms with Gasteiger partial charge in [0.05, 0.1) is 7.11 Å². The second-order valence-corrected chi connectivity index (χ2v) is 8.68. The fourth-order valence-corrected chi connectivity index (χ4v) is 4.43. The number of para-hydroxylation sites is 1. The maximum Gasteiger partial charge on any atom is 0.227 e. The van der Waals surface area contributed by atoms with Gasteiger partial charge in [0.25, 0.3) is 0 Å². The minimum Gasteiger partial charge on any atom is -0.496 e. The Morgan fingerprint density at radius 1 is 1.12 bits per heavy atom. The number of aryl methyl sites for hydroxylation is 1. The van der Waals surface area contributed by atoms with E-state index in [4.69, 9.17) is 9.26 Å². The molecule has 0 bridgehead atoms. The van der Waals surface area contributed by atoms with Crippen molar-refractivity contribution in [2.24, 2.45) is 0 Å². The zero-order valence-electron chi connectivity index (χ0n) is 18.8. The van der Waals surface area contributed by atoms with Gasteiger partial charge >= 0.3 is 0 Å². The van der Waals surface area contributed by atoms with Crippen molar-refractivity contribution in [3.05, 3.63) is 88.4 Å². The highest BCUT2D eigenvalue weighted by atomic mass is 32.1. The van der Waals surface area contributed by atoms with Crippen molar-refractivity contribution < 1.29 is 14.1 Å². The Morgan fingerprint density at radius 2 is 1.91 bits per heavy atom. The van der Waals surface area contributed by atoms with Crippen LogP contribution in [0.2, 0.25) is 0 Å². The van der Waals surface area contributed by atoms with Crippen LogP contribution in [-0.2, 0) is 24.2 Å². The third-order valence-corrected chi connectivity index (χ3v) is 6.24. The van der Waals surface area contributed by atoms with Crippen LogP contribution in [0.3, 0.4) is 0 Å². The molecule has 0 saturated heterocycles. The van der Waals surface area contributed by atoms with Gasteiger partial charge in [0, 0.05) is 36.4 Å². The number of amides is 1. The molecule has 0 saturated carbocycles. The second kappa shape index (κ2) is 10.9. The highest BCUT2D eigenvalue weighted by Crippen LogP contribution is 2.23. The summed E-state index contributed by atoms with van der Waals surface area (Å²) in [6, 6.07) is 19.9. The molecular weight excluding hydrogens is 434 g/mol. The third-order valence-electron chi connectivity index (χ3n) is 5.56. The number of aromatic nitrogens is 2. The van der Waals surface area contributed by atoms with Gasteiger partial charge in [-0.15, -0.1) is 0 Å². The highest BCUT2D eigenvalue weighted by Gasteiger charge is 2.22. The van der Waals surface area contributed by atoms with Crippen LogP contribution in [0.25, 0.3) is 11.4 Å². The van der Waals surface area contributed by atoms with Crippen LogP contribution in [0.15, 0.2) is 75.9 Å². The Hall–Kier alpha value is -3.45. The number of carbonyl (C=O) groups excluding carboxylic acids is 1. The lowest BCUT2D eigenvalue weighted by Gasteiger charge is -2.30. The molecule has 33 heavy (non-hydrogen) atoms. The number of ether oxygens (including phenoxy) is 1. The van der Waals surface area contributed by atoms with Crippen molar-refractivity contribution in [1.82, 2.24) is 15.0 Å². The predicted molar refractivity (Wildman–Crippen MR) is 129 cm³/mol. The number of hydrogen-bond donors (Lipinski definition) is 0. The molecule has 1 unspecified atom stereocenters. The molecule has 0 aliphatic heterocycles. The fraction of sp³-hybridized carbons (Fsp3) is 0.269. The quantitative estimate of drug-likeness (QED) is 0.316. The third kappa shape index (κ3) is 5.87. The lowest BCUT2D eigenvalue weighted by atomic mass is 10.0. The summed E-state index contributed by atoms with van der Waals surface area (Å²) in [6.07, 6.45) is 1.41. The van der Waals surface area contributed by atoms with Crippen LogP contribution in [0, 0.1) is 0 Å². The zero-order valence-corrected chi connectivity index (χ0v) is 19.6. The molecule has 0 spiro atoms. The van der Waals surface area contributed by atoms with Gasteiger partial charge in [-0.2, -0.15) is 16.3 Å². The Labute approximate surface area is 197 Å². The van der Waals surface area contributed by atoms with Crippen molar-refractivity contribution in [2.45, 2.75) is 38.8 Å². The summed E-state index contributed by atoms with van der Waals surface area (Å²) in [5.41, 5.74) is 3.10. The molecule has 2 heterocycles. The Kier molecular flexibility index (Phi) is 7.52. The average Bonchev–Trinajstić information content (AvgIpc) is 3.54. The molecule has 2 aromatic carbocycles. The van der Waals surface area contributed by atoms with Crippen molar-refractivity contribution in [3.63, 3.8) is 0 Å². The first-order valence-corrected chi connectivity index (χ1v) is 11.9. The second-order valence-electron chi connectivity index (χ2n) is 7.90. The lowest BCUT2D eigenvalue weighted by Crippen LogP contribution is -2.39. The summed E-state index contributed by atoms with van der Waals surface area (Å²) < 4.78 is 10.9. The first-order valence-electron chi connectivity index (χ1n) is 10.9. The summed E-state index contributed by atoms with van der Waals surface area (Å²) >= 11 is 1.58. The zero-order chi connectivity index (χ0) is 23.0. The van der Waals surface area contributed by atoms with Crippen LogP contribution in [0.5, 0.6) is 5.75 Å².